The van der Waals surface area contributed by atoms with Crippen LogP contribution in [0.2, 0.25) is 0 Å². The minimum atomic E-state index is -0.820. The van der Waals surface area contributed by atoms with Gasteiger partial charge in [-0.3, -0.25) is 4.79 Å². The summed E-state index contributed by atoms with van der Waals surface area (Å²) < 4.78 is 26.0. The highest BCUT2D eigenvalue weighted by atomic mass is 19.1. The number of hydrogen-bond donors (Lipinski definition) is 1. The van der Waals surface area contributed by atoms with Crippen LogP contribution < -0.4 is 5.73 Å². The lowest BCUT2D eigenvalue weighted by atomic mass is 9.93. The van der Waals surface area contributed by atoms with Crippen molar-refractivity contribution < 1.29 is 13.6 Å². The topological polar surface area (TPSA) is 43.1 Å². The molecule has 1 aromatic rings. The molecule has 2 nitrogen and oxygen atoms in total. The number of carbonyl (C=O) groups excluding carboxylic acids is 1. The molecule has 1 atom stereocenters. The van der Waals surface area contributed by atoms with Crippen molar-refractivity contribution in [2.24, 2.45) is 11.7 Å². The maximum atomic E-state index is 13.3. The van der Waals surface area contributed by atoms with Crippen molar-refractivity contribution in [2.45, 2.75) is 19.8 Å². The second kappa shape index (κ2) is 5.70. The van der Waals surface area contributed by atoms with Crippen molar-refractivity contribution in [1.29, 1.82) is 0 Å². The molecule has 0 bridgehead atoms. The first-order valence-electron chi connectivity index (χ1n) is 5.29. The average Bonchev–Trinajstić information content (AvgIpc) is 2.25. The van der Waals surface area contributed by atoms with Crippen molar-refractivity contribution in [3.8, 4) is 0 Å². The highest BCUT2D eigenvalue weighted by molar-refractivity contribution is 5.98. The molecule has 0 aliphatic heterocycles. The summed E-state index contributed by atoms with van der Waals surface area (Å²) in [6, 6.07) is 2.97. The lowest BCUT2D eigenvalue weighted by molar-refractivity contribution is 0.0913. The van der Waals surface area contributed by atoms with Gasteiger partial charge in [0.15, 0.2) is 5.78 Å². The Hall–Kier alpha value is -1.29. The van der Waals surface area contributed by atoms with E-state index in [1.54, 1.807) is 0 Å². The first-order valence-corrected chi connectivity index (χ1v) is 5.29. The van der Waals surface area contributed by atoms with Crippen LogP contribution in [-0.4, -0.2) is 12.3 Å². The van der Waals surface area contributed by atoms with E-state index in [4.69, 9.17) is 5.73 Å². The third-order valence-electron chi connectivity index (χ3n) is 2.49. The third kappa shape index (κ3) is 2.85. The maximum absolute atomic E-state index is 13.3. The van der Waals surface area contributed by atoms with Crippen LogP contribution in [0.15, 0.2) is 18.2 Å². The Kier molecular flexibility index (Phi) is 4.55. The lowest BCUT2D eigenvalue weighted by Gasteiger charge is -2.12. The molecule has 0 aromatic heterocycles. The number of ketones is 1. The standard InChI is InChI=1S/C12H15F2NO/c1-2-3-8(7-15)12(16)10-5-4-9(13)6-11(10)14/h4-6,8H,2-3,7,15H2,1H3. The number of hydrogen-bond acceptors (Lipinski definition) is 2. The van der Waals surface area contributed by atoms with Crippen LogP contribution in [0.4, 0.5) is 8.78 Å². The van der Waals surface area contributed by atoms with Crippen molar-refractivity contribution in [3.63, 3.8) is 0 Å². The Morgan fingerprint density at radius 1 is 1.44 bits per heavy atom. The summed E-state index contributed by atoms with van der Waals surface area (Å²) >= 11 is 0. The van der Waals surface area contributed by atoms with E-state index in [0.29, 0.717) is 12.5 Å². The first kappa shape index (κ1) is 12.8. The SMILES string of the molecule is CCCC(CN)C(=O)c1ccc(F)cc1F. The van der Waals surface area contributed by atoms with E-state index in [0.717, 1.165) is 12.5 Å². The van der Waals surface area contributed by atoms with Crippen LogP contribution in [0.25, 0.3) is 0 Å². The molecule has 0 amide bonds. The summed E-state index contributed by atoms with van der Waals surface area (Å²) in [6.45, 7) is 2.11. The van der Waals surface area contributed by atoms with Gasteiger partial charge in [0.05, 0.1) is 5.56 Å². The summed E-state index contributed by atoms with van der Waals surface area (Å²) in [5, 5.41) is 0. The van der Waals surface area contributed by atoms with E-state index in [1.807, 2.05) is 6.92 Å². The zero-order chi connectivity index (χ0) is 12.1. The highest BCUT2D eigenvalue weighted by Gasteiger charge is 2.20. The molecular formula is C12H15F2NO. The second-order valence-electron chi connectivity index (χ2n) is 3.71. The summed E-state index contributed by atoms with van der Waals surface area (Å²) in [4.78, 5) is 11.9. The molecule has 1 unspecified atom stereocenters. The molecule has 0 radical (unpaired) electrons. The van der Waals surface area contributed by atoms with Crippen LogP contribution in [0, 0.1) is 17.6 Å². The van der Waals surface area contributed by atoms with Gasteiger partial charge in [-0.25, -0.2) is 8.78 Å². The van der Waals surface area contributed by atoms with Crippen LogP contribution in [0.3, 0.4) is 0 Å². The smallest absolute Gasteiger partial charge is 0.170 e. The maximum Gasteiger partial charge on any atom is 0.170 e. The van der Waals surface area contributed by atoms with Crippen molar-refractivity contribution in [2.75, 3.05) is 6.54 Å². The minimum absolute atomic E-state index is 0.0784. The molecule has 0 heterocycles. The number of rotatable bonds is 5. The Morgan fingerprint density at radius 3 is 2.62 bits per heavy atom. The summed E-state index contributed by atoms with van der Waals surface area (Å²) in [5.74, 6) is -2.24. The fourth-order valence-corrected chi connectivity index (χ4v) is 1.61. The van der Waals surface area contributed by atoms with Crippen molar-refractivity contribution in [3.05, 3.63) is 35.4 Å². The van der Waals surface area contributed by atoms with Crippen LogP contribution in [0.5, 0.6) is 0 Å². The summed E-state index contributed by atoms with van der Waals surface area (Å²) in [6.07, 6.45) is 1.42. The van der Waals surface area contributed by atoms with Gasteiger partial charge in [0.1, 0.15) is 11.6 Å². The second-order valence-corrected chi connectivity index (χ2v) is 3.71. The number of halogens is 2. The average molecular weight is 227 g/mol. The molecule has 0 aliphatic rings. The fourth-order valence-electron chi connectivity index (χ4n) is 1.61. The molecule has 4 heteroatoms. The molecule has 0 saturated heterocycles. The van der Waals surface area contributed by atoms with E-state index in [1.165, 1.54) is 6.07 Å². The van der Waals surface area contributed by atoms with Crippen LogP contribution in [0.1, 0.15) is 30.1 Å². The molecule has 88 valence electrons. The molecule has 0 spiro atoms. The van der Waals surface area contributed by atoms with E-state index in [2.05, 4.69) is 0 Å². The molecule has 1 aromatic carbocycles. The molecule has 1 rings (SSSR count). The number of carbonyl (C=O) groups is 1. The van der Waals surface area contributed by atoms with Gasteiger partial charge in [-0.15, -0.1) is 0 Å². The predicted octanol–water partition coefficient (Wildman–Crippen LogP) is 2.52. The number of benzene rings is 1. The quantitative estimate of drug-likeness (QED) is 0.785. The largest absolute Gasteiger partial charge is 0.330 e. The predicted molar refractivity (Wildman–Crippen MR) is 58.1 cm³/mol. The Bertz CT molecular complexity index is 379. The first-order chi connectivity index (χ1) is 7.60. The summed E-state index contributed by atoms with van der Waals surface area (Å²) in [5.41, 5.74) is 5.38. The van der Waals surface area contributed by atoms with Gasteiger partial charge in [-0.05, 0) is 18.6 Å². The van der Waals surface area contributed by atoms with Crippen LogP contribution in [-0.2, 0) is 0 Å². The van der Waals surface area contributed by atoms with Gasteiger partial charge in [0, 0.05) is 18.5 Å². The normalized spacial score (nSPS) is 12.5. The van der Waals surface area contributed by atoms with E-state index >= 15 is 0 Å². The highest BCUT2D eigenvalue weighted by Crippen LogP contribution is 2.17. The van der Waals surface area contributed by atoms with E-state index < -0.39 is 11.6 Å². The van der Waals surface area contributed by atoms with Gasteiger partial charge < -0.3 is 5.73 Å². The Labute approximate surface area is 93.5 Å². The monoisotopic (exact) mass is 227 g/mol. The lowest BCUT2D eigenvalue weighted by Crippen LogP contribution is -2.24. The number of nitrogens with two attached hydrogens (primary N) is 1. The molecule has 0 saturated carbocycles. The molecular weight excluding hydrogens is 212 g/mol. The van der Waals surface area contributed by atoms with Crippen LogP contribution >= 0.6 is 0 Å². The van der Waals surface area contributed by atoms with E-state index in [9.17, 15) is 13.6 Å². The van der Waals surface area contributed by atoms with Gasteiger partial charge in [-0.1, -0.05) is 13.3 Å². The van der Waals surface area contributed by atoms with Gasteiger partial charge >= 0.3 is 0 Å². The van der Waals surface area contributed by atoms with E-state index in [-0.39, 0.29) is 23.8 Å². The van der Waals surface area contributed by atoms with Crippen molar-refractivity contribution in [1.82, 2.24) is 0 Å². The molecule has 0 aliphatic carbocycles. The van der Waals surface area contributed by atoms with Gasteiger partial charge in [-0.2, -0.15) is 0 Å². The number of Topliss-reactive ketones (excluding diaryl/α,β-unsaturated/α-hetero) is 1. The fraction of sp³-hybridized carbons (Fsp3) is 0.417. The zero-order valence-corrected chi connectivity index (χ0v) is 9.17. The zero-order valence-electron chi connectivity index (χ0n) is 9.17. The van der Waals surface area contributed by atoms with Gasteiger partial charge in [0.2, 0.25) is 0 Å². The molecule has 0 fully saturated rings. The summed E-state index contributed by atoms with van der Waals surface area (Å²) in [7, 11) is 0. The third-order valence-corrected chi connectivity index (χ3v) is 2.49. The van der Waals surface area contributed by atoms with Gasteiger partial charge in [0.25, 0.3) is 0 Å². The minimum Gasteiger partial charge on any atom is -0.330 e. The Balaban J connectivity index is 2.94. The molecule has 16 heavy (non-hydrogen) atoms. The molecule has 2 N–H and O–H groups in total. The Morgan fingerprint density at radius 2 is 2.12 bits per heavy atom. The van der Waals surface area contributed by atoms with Crippen molar-refractivity contribution >= 4 is 5.78 Å².